The Morgan fingerprint density at radius 1 is 1.29 bits per heavy atom. The zero-order chi connectivity index (χ0) is 15.7. The smallest absolute Gasteiger partial charge is 0.332 e. The summed E-state index contributed by atoms with van der Waals surface area (Å²) >= 11 is 0. The zero-order valence-corrected chi connectivity index (χ0v) is 13.0. The number of hydrogen-bond donors (Lipinski definition) is 1. The maximum atomic E-state index is 12.9. The summed E-state index contributed by atoms with van der Waals surface area (Å²) in [7, 11) is -8.83. The molecular formula is C12H16FNO5S2. The molecule has 0 radical (unpaired) electrons. The predicted octanol–water partition coefficient (Wildman–Crippen LogP) is 1.05. The van der Waals surface area contributed by atoms with Crippen molar-refractivity contribution in [2.75, 3.05) is 13.2 Å². The molecule has 2 unspecified atom stereocenters. The molecule has 1 saturated heterocycles. The average Bonchev–Trinajstić information content (AvgIpc) is 2.81. The van der Waals surface area contributed by atoms with Crippen molar-refractivity contribution in [3.63, 3.8) is 0 Å². The van der Waals surface area contributed by atoms with Gasteiger partial charge in [-0.2, -0.15) is 8.42 Å². The van der Waals surface area contributed by atoms with Crippen molar-refractivity contribution in [2.45, 2.75) is 29.2 Å². The van der Waals surface area contributed by atoms with Crippen LogP contribution in [0, 0.1) is 5.92 Å². The van der Waals surface area contributed by atoms with E-state index in [-0.39, 0.29) is 23.5 Å². The van der Waals surface area contributed by atoms with E-state index in [1.54, 1.807) is 0 Å². The van der Waals surface area contributed by atoms with Crippen molar-refractivity contribution in [1.29, 1.82) is 0 Å². The number of benzene rings is 1. The van der Waals surface area contributed by atoms with Crippen molar-refractivity contribution in [1.82, 2.24) is 4.72 Å². The van der Waals surface area contributed by atoms with Crippen molar-refractivity contribution < 1.29 is 25.5 Å². The van der Waals surface area contributed by atoms with E-state index >= 15 is 0 Å². The molecule has 1 aromatic carbocycles. The standard InChI is InChI=1S/C12H16FNO5S2/c1-9-10(5-6-19-9)8-14-21(17,18)12-4-2-3-11(7-12)20(13,15)16/h2-4,7,9-10,14H,5-6,8H2,1H3. The Morgan fingerprint density at radius 2 is 1.95 bits per heavy atom. The highest BCUT2D eigenvalue weighted by molar-refractivity contribution is 7.89. The molecule has 1 aromatic rings. The topological polar surface area (TPSA) is 89.5 Å². The van der Waals surface area contributed by atoms with E-state index in [9.17, 15) is 20.7 Å². The molecule has 1 aliphatic rings. The van der Waals surface area contributed by atoms with Crippen molar-refractivity contribution >= 4 is 20.2 Å². The summed E-state index contributed by atoms with van der Waals surface area (Å²) in [4.78, 5) is -0.962. The minimum atomic E-state index is -4.94. The van der Waals surface area contributed by atoms with Gasteiger partial charge in [0.2, 0.25) is 10.0 Å². The number of ether oxygens (including phenoxy) is 1. The molecule has 0 saturated carbocycles. The summed E-state index contributed by atoms with van der Waals surface area (Å²) < 4.78 is 66.5. The summed E-state index contributed by atoms with van der Waals surface area (Å²) in [5, 5.41) is 0. The summed E-state index contributed by atoms with van der Waals surface area (Å²) in [6, 6.07) is 4.20. The molecule has 0 aromatic heterocycles. The van der Waals surface area contributed by atoms with E-state index in [2.05, 4.69) is 4.72 Å². The maximum Gasteiger partial charge on any atom is 0.332 e. The minimum absolute atomic E-state index is 0.0368. The lowest BCUT2D eigenvalue weighted by Crippen LogP contribution is -2.32. The highest BCUT2D eigenvalue weighted by atomic mass is 32.3. The molecular weight excluding hydrogens is 321 g/mol. The lowest BCUT2D eigenvalue weighted by atomic mass is 10.0. The molecule has 118 valence electrons. The van der Waals surface area contributed by atoms with Crippen LogP contribution in [0.2, 0.25) is 0 Å². The van der Waals surface area contributed by atoms with Gasteiger partial charge in [0.15, 0.2) is 0 Å². The molecule has 2 atom stereocenters. The Bertz CT molecular complexity index is 717. The third-order valence-electron chi connectivity index (χ3n) is 3.47. The molecule has 9 heteroatoms. The van der Waals surface area contributed by atoms with Crippen LogP contribution in [0.3, 0.4) is 0 Å². The van der Waals surface area contributed by atoms with Gasteiger partial charge in [0.05, 0.1) is 15.9 Å². The summed E-state index contributed by atoms with van der Waals surface area (Å²) in [6.45, 7) is 2.64. The Morgan fingerprint density at radius 3 is 2.52 bits per heavy atom. The third-order valence-corrected chi connectivity index (χ3v) is 5.70. The van der Waals surface area contributed by atoms with Crippen LogP contribution >= 0.6 is 0 Å². The van der Waals surface area contributed by atoms with E-state index in [1.807, 2.05) is 6.92 Å². The van der Waals surface area contributed by atoms with Crippen LogP contribution in [0.25, 0.3) is 0 Å². The molecule has 1 fully saturated rings. The largest absolute Gasteiger partial charge is 0.378 e. The van der Waals surface area contributed by atoms with Crippen LogP contribution in [0.15, 0.2) is 34.1 Å². The molecule has 0 spiro atoms. The lowest BCUT2D eigenvalue weighted by molar-refractivity contribution is 0.107. The number of rotatable bonds is 5. The monoisotopic (exact) mass is 337 g/mol. The zero-order valence-electron chi connectivity index (χ0n) is 11.3. The molecule has 21 heavy (non-hydrogen) atoms. The Kier molecular flexibility index (Phi) is 4.66. The fraction of sp³-hybridized carbons (Fsp3) is 0.500. The Hall–Kier alpha value is -1.03. The SMILES string of the molecule is CC1OCCC1CNS(=O)(=O)c1cccc(S(=O)(=O)F)c1. The van der Waals surface area contributed by atoms with Gasteiger partial charge in [-0.15, -0.1) is 3.89 Å². The first kappa shape index (κ1) is 16.3. The molecule has 0 bridgehead atoms. The van der Waals surface area contributed by atoms with E-state index < -0.39 is 25.1 Å². The van der Waals surface area contributed by atoms with Gasteiger partial charge in [0.25, 0.3) is 0 Å². The van der Waals surface area contributed by atoms with Crippen LogP contribution in [0.5, 0.6) is 0 Å². The molecule has 1 heterocycles. The second kappa shape index (κ2) is 5.99. The molecule has 6 nitrogen and oxygen atoms in total. The Balaban J connectivity index is 2.16. The molecule has 0 amide bonds. The van der Waals surface area contributed by atoms with Gasteiger partial charge in [-0.1, -0.05) is 6.07 Å². The number of sulfonamides is 1. The fourth-order valence-corrected chi connectivity index (χ4v) is 3.86. The second-order valence-electron chi connectivity index (χ2n) is 4.89. The highest BCUT2D eigenvalue weighted by Gasteiger charge is 2.26. The summed E-state index contributed by atoms with van der Waals surface area (Å²) in [5.74, 6) is 0.0628. The van der Waals surface area contributed by atoms with Gasteiger partial charge in [-0.25, -0.2) is 13.1 Å². The fourth-order valence-electron chi connectivity index (χ4n) is 2.14. The van der Waals surface area contributed by atoms with Crippen LogP contribution in [-0.4, -0.2) is 36.1 Å². The van der Waals surface area contributed by atoms with E-state index in [0.717, 1.165) is 18.6 Å². The first-order valence-corrected chi connectivity index (χ1v) is 9.23. The summed E-state index contributed by atoms with van der Waals surface area (Å²) in [6.07, 6.45) is 0.716. The normalized spacial score (nSPS) is 23.3. The average molecular weight is 337 g/mol. The quantitative estimate of drug-likeness (QED) is 0.811. The lowest BCUT2D eigenvalue weighted by Gasteiger charge is -2.15. The molecule has 2 rings (SSSR count). The van der Waals surface area contributed by atoms with Crippen LogP contribution in [0.1, 0.15) is 13.3 Å². The minimum Gasteiger partial charge on any atom is -0.378 e. The number of hydrogen-bond acceptors (Lipinski definition) is 5. The second-order valence-corrected chi connectivity index (χ2v) is 8.00. The van der Waals surface area contributed by atoms with Gasteiger partial charge < -0.3 is 4.74 Å². The molecule has 1 N–H and O–H groups in total. The molecule has 1 aliphatic heterocycles. The highest BCUT2D eigenvalue weighted by Crippen LogP contribution is 2.21. The first-order chi connectivity index (χ1) is 9.70. The van der Waals surface area contributed by atoms with E-state index in [4.69, 9.17) is 4.74 Å². The predicted molar refractivity (Wildman–Crippen MR) is 73.4 cm³/mol. The summed E-state index contributed by atoms with van der Waals surface area (Å²) in [5.41, 5.74) is 0. The van der Waals surface area contributed by atoms with Crippen molar-refractivity contribution in [3.8, 4) is 0 Å². The third kappa shape index (κ3) is 4.00. The van der Waals surface area contributed by atoms with Gasteiger partial charge in [0.1, 0.15) is 0 Å². The van der Waals surface area contributed by atoms with Gasteiger partial charge in [-0.05, 0) is 31.5 Å². The van der Waals surface area contributed by atoms with E-state index in [1.165, 1.54) is 12.1 Å². The van der Waals surface area contributed by atoms with Gasteiger partial charge in [0, 0.05) is 19.1 Å². The number of halogens is 1. The van der Waals surface area contributed by atoms with Crippen LogP contribution in [0.4, 0.5) is 3.89 Å². The van der Waals surface area contributed by atoms with Crippen molar-refractivity contribution in [3.05, 3.63) is 24.3 Å². The van der Waals surface area contributed by atoms with Crippen LogP contribution in [-0.2, 0) is 25.0 Å². The first-order valence-electron chi connectivity index (χ1n) is 6.36. The van der Waals surface area contributed by atoms with Crippen LogP contribution < -0.4 is 4.72 Å². The van der Waals surface area contributed by atoms with E-state index in [0.29, 0.717) is 6.61 Å². The van der Waals surface area contributed by atoms with Gasteiger partial charge in [-0.3, -0.25) is 0 Å². The van der Waals surface area contributed by atoms with Gasteiger partial charge >= 0.3 is 10.2 Å². The number of nitrogens with one attached hydrogen (secondary N) is 1. The van der Waals surface area contributed by atoms with Crippen molar-refractivity contribution in [2.24, 2.45) is 5.92 Å². The molecule has 0 aliphatic carbocycles. The maximum absolute atomic E-state index is 12.9. The Labute approximate surface area is 123 Å².